The van der Waals surface area contributed by atoms with Gasteiger partial charge in [0.15, 0.2) is 0 Å². The van der Waals surface area contributed by atoms with Crippen LogP contribution in [0.1, 0.15) is 30.9 Å². The van der Waals surface area contributed by atoms with E-state index in [2.05, 4.69) is 28.7 Å². The van der Waals surface area contributed by atoms with Gasteiger partial charge in [-0.3, -0.25) is 4.79 Å². The number of morpholine rings is 1. The van der Waals surface area contributed by atoms with Crippen molar-refractivity contribution in [2.45, 2.75) is 45.9 Å². The molecule has 1 aromatic heterocycles. The van der Waals surface area contributed by atoms with Crippen molar-refractivity contribution in [1.29, 1.82) is 0 Å². The number of fused-ring (bicyclic) bond motifs is 1. The molecular weight excluding hydrogens is 316 g/mol. The summed E-state index contributed by atoms with van der Waals surface area (Å²) >= 11 is 5.71. The maximum atomic E-state index is 12.0. The summed E-state index contributed by atoms with van der Waals surface area (Å²) in [5, 5.41) is 0. The number of amides is 1. The zero-order chi connectivity index (χ0) is 16.6. The molecule has 1 saturated heterocycles. The second kappa shape index (κ2) is 6.61. The molecule has 0 saturated carbocycles. The lowest BCUT2D eigenvalue weighted by atomic mass is 10.0. The van der Waals surface area contributed by atoms with Crippen LogP contribution in [0.25, 0.3) is 0 Å². The summed E-state index contributed by atoms with van der Waals surface area (Å²) in [6.45, 7) is 8.89. The molecule has 2 atom stereocenters. The molecule has 0 N–H and O–H groups in total. The average Bonchev–Trinajstić information content (AvgIpc) is 2.52. The molecule has 6 nitrogen and oxygen atoms in total. The molecule has 0 spiro atoms. The van der Waals surface area contributed by atoms with Crippen LogP contribution in [0.2, 0.25) is 0 Å². The Hall–Kier alpha value is -1.40. The van der Waals surface area contributed by atoms with E-state index < -0.39 is 0 Å². The number of alkyl halides is 1. The van der Waals surface area contributed by atoms with Crippen molar-refractivity contribution in [2.75, 3.05) is 30.4 Å². The van der Waals surface area contributed by atoms with Gasteiger partial charge in [0.25, 0.3) is 0 Å². The highest BCUT2D eigenvalue weighted by atomic mass is 35.5. The van der Waals surface area contributed by atoms with Crippen LogP contribution in [0, 0.1) is 6.92 Å². The van der Waals surface area contributed by atoms with E-state index in [-0.39, 0.29) is 24.0 Å². The second-order valence-electron chi connectivity index (χ2n) is 6.38. The Bertz CT molecular complexity index is 600. The topological polar surface area (TPSA) is 58.6 Å². The molecule has 0 radical (unpaired) electrons. The molecule has 7 heteroatoms. The van der Waals surface area contributed by atoms with Crippen LogP contribution >= 0.6 is 11.6 Å². The molecule has 0 aromatic carbocycles. The van der Waals surface area contributed by atoms with Crippen molar-refractivity contribution in [3.05, 3.63) is 17.1 Å². The fourth-order valence-electron chi connectivity index (χ4n) is 3.43. The quantitative estimate of drug-likeness (QED) is 0.765. The zero-order valence-corrected chi connectivity index (χ0v) is 14.6. The Morgan fingerprint density at radius 3 is 2.65 bits per heavy atom. The highest BCUT2D eigenvalue weighted by Crippen LogP contribution is 2.29. The van der Waals surface area contributed by atoms with E-state index in [0.717, 1.165) is 42.4 Å². The molecule has 2 aliphatic rings. The fourth-order valence-corrected chi connectivity index (χ4v) is 3.60. The summed E-state index contributed by atoms with van der Waals surface area (Å²) < 4.78 is 5.82. The average molecular weight is 339 g/mol. The molecular formula is C16H23ClN4O2. The molecule has 2 aliphatic heterocycles. The summed E-state index contributed by atoms with van der Waals surface area (Å²) in [4.78, 5) is 25.3. The van der Waals surface area contributed by atoms with Gasteiger partial charge in [-0.2, -0.15) is 0 Å². The number of aromatic nitrogens is 2. The molecule has 0 bridgehead atoms. The predicted molar refractivity (Wildman–Crippen MR) is 88.8 cm³/mol. The number of hydrogen-bond acceptors (Lipinski definition) is 5. The van der Waals surface area contributed by atoms with Gasteiger partial charge in [-0.15, -0.1) is 11.6 Å². The Kier molecular flexibility index (Phi) is 4.73. The first-order valence-corrected chi connectivity index (χ1v) is 8.62. The van der Waals surface area contributed by atoms with Crippen LogP contribution in [0.15, 0.2) is 0 Å². The summed E-state index contributed by atoms with van der Waals surface area (Å²) in [6, 6.07) is 0. The highest BCUT2D eigenvalue weighted by Gasteiger charge is 2.30. The summed E-state index contributed by atoms with van der Waals surface area (Å²) in [5.41, 5.74) is 2.11. The minimum Gasteiger partial charge on any atom is -0.372 e. The van der Waals surface area contributed by atoms with Gasteiger partial charge >= 0.3 is 0 Å². The number of aryl methyl sites for hydroxylation is 1. The van der Waals surface area contributed by atoms with Gasteiger partial charge in [-0.25, -0.2) is 9.97 Å². The third-order valence-electron chi connectivity index (χ3n) is 4.34. The van der Waals surface area contributed by atoms with Crippen LogP contribution in [-0.4, -0.2) is 58.5 Å². The number of anilines is 1. The molecule has 3 rings (SSSR count). The Labute approximate surface area is 141 Å². The van der Waals surface area contributed by atoms with Crippen LogP contribution in [0.5, 0.6) is 0 Å². The van der Waals surface area contributed by atoms with E-state index in [1.807, 2.05) is 6.92 Å². The normalized spacial score (nSPS) is 24.5. The van der Waals surface area contributed by atoms with E-state index in [1.54, 1.807) is 4.90 Å². The number of hydrogen-bond donors (Lipinski definition) is 0. The first-order chi connectivity index (χ1) is 11.0. The smallest absolute Gasteiger partial charge is 0.237 e. The number of nitrogens with zero attached hydrogens (tertiary/aromatic N) is 4. The van der Waals surface area contributed by atoms with Gasteiger partial charge in [0.05, 0.1) is 24.4 Å². The van der Waals surface area contributed by atoms with Crippen molar-refractivity contribution >= 4 is 23.3 Å². The minimum atomic E-state index is -0.0347. The lowest BCUT2D eigenvalue weighted by Gasteiger charge is -2.38. The maximum Gasteiger partial charge on any atom is 0.237 e. The monoisotopic (exact) mass is 338 g/mol. The number of rotatable bonds is 2. The van der Waals surface area contributed by atoms with Crippen molar-refractivity contribution in [3.63, 3.8) is 0 Å². The van der Waals surface area contributed by atoms with Gasteiger partial charge in [0.1, 0.15) is 17.5 Å². The van der Waals surface area contributed by atoms with Crippen molar-refractivity contribution in [3.8, 4) is 0 Å². The predicted octanol–water partition coefficient (Wildman–Crippen LogP) is 1.52. The molecule has 1 amide bonds. The van der Waals surface area contributed by atoms with E-state index in [1.165, 1.54) is 0 Å². The fraction of sp³-hybridized carbons (Fsp3) is 0.688. The summed E-state index contributed by atoms with van der Waals surface area (Å²) in [6.07, 6.45) is 1.08. The van der Waals surface area contributed by atoms with Gasteiger partial charge in [-0.1, -0.05) is 0 Å². The largest absolute Gasteiger partial charge is 0.372 e. The van der Waals surface area contributed by atoms with Crippen molar-refractivity contribution < 1.29 is 9.53 Å². The van der Waals surface area contributed by atoms with E-state index in [9.17, 15) is 4.79 Å². The van der Waals surface area contributed by atoms with Crippen LogP contribution < -0.4 is 4.90 Å². The number of carbonyl (C=O) groups is 1. The highest BCUT2D eigenvalue weighted by molar-refractivity contribution is 6.27. The number of halogens is 1. The molecule has 0 unspecified atom stereocenters. The summed E-state index contributed by atoms with van der Waals surface area (Å²) in [5.74, 6) is 1.71. The van der Waals surface area contributed by atoms with Crippen molar-refractivity contribution in [1.82, 2.24) is 14.9 Å². The van der Waals surface area contributed by atoms with Crippen molar-refractivity contribution in [2.24, 2.45) is 0 Å². The molecule has 1 fully saturated rings. The van der Waals surface area contributed by atoms with Gasteiger partial charge in [-0.05, 0) is 20.8 Å². The van der Waals surface area contributed by atoms with Crippen LogP contribution in [0.4, 0.5) is 5.82 Å². The molecule has 0 aliphatic carbocycles. The Morgan fingerprint density at radius 2 is 2.00 bits per heavy atom. The standard InChI is InChI=1S/C16H23ClN4O2/c1-10-7-21(8-11(2)23-10)16-13-9-20(15(22)6-17)5-4-14(13)18-12(3)19-16/h10-11H,4-9H2,1-3H3/t10-,11+. The van der Waals surface area contributed by atoms with Gasteiger partial charge in [0, 0.05) is 31.6 Å². The number of carbonyl (C=O) groups excluding carboxylic acids is 1. The third kappa shape index (κ3) is 3.43. The Balaban J connectivity index is 1.94. The van der Waals surface area contributed by atoms with E-state index in [0.29, 0.717) is 13.1 Å². The van der Waals surface area contributed by atoms with Crippen LogP contribution in [0.3, 0.4) is 0 Å². The molecule has 1 aromatic rings. The second-order valence-corrected chi connectivity index (χ2v) is 6.65. The van der Waals surface area contributed by atoms with E-state index in [4.69, 9.17) is 16.3 Å². The first kappa shape index (κ1) is 16.5. The lowest BCUT2D eigenvalue weighted by molar-refractivity contribution is -0.129. The SMILES string of the molecule is Cc1nc2c(c(N3C[C@@H](C)O[C@@H](C)C3)n1)CN(C(=O)CCl)CC2. The zero-order valence-electron chi connectivity index (χ0n) is 13.9. The number of ether oxygens (including phenoxy) is 1. The molecule has 3 heterocycles. The third-order valence-corrected chi connectivity index (χ3v) is 4.57. The van der Waals surface area contributed by atoms with Crippen LogP contribution in [-0.2, 0) is 22.5 Å². The Morgan fingerprint density at radius 1 is 1.30 bits per heavy atom. The van der Waals surface area contributed by atoms with Gasteiger partial charge in [0.2, 0.25) is 5.91 Å². The van der Waals surface area contributed by atoms with Gasteiger partial charge < -0.3 is 14.5 Å². The molecule has 23 heavy (non-hydrogen) atoms. The minimum absolute atomic E-state index is 0.0169. The summed E-state index contributed by atoms with van der Waals surface area (Å²) in [7, 11) is 0. The first-order valence-electron chi connectivity index (χ1n) is 8.08. The lowest BCUT2D eigenvalue weighted by Crippen LogP contribution is -2.47. The molecule has 126 valence electrons. The van der Waals surface area contributed by atoms with E-state index >= 15 is 0 Å². The maximum absolute atomic E-state index is 12.0.